The number of aliphatic hydroxyl groups is 5. The van der Waals surface area contributed by atoms with Crippen LogP contribution in [0.25, 0.3) is 0 Å². The number of allylic oxidation sites excluding steroid dienone is 3. The highest BCUT2D eigenvalue weighted by Crippen LogP contribution is 2.79. The molecule has 0 aromatic carbocycles. The maximum Gasteiger partial charge on any atom is 0.331 e. The highest BCUT2D eigenvalue weighted by atomic mass is 16.6. The molecule has 5 N–H and O–H groups in total. The molecule has 1 heterocycles. The third-order valence-corrected chi connectivity index (χ3v) is 11.6. The SMILES string of the molecule is CCCCC/C=C/C=C/C(=O)OC1C(C)C2(O)C(C3OC3(CO)C(O)C3(O)C(=O)C(C)=CC32)C2C(C)(C)C12OC(=O)C(C)CO. The van der Waals surface area contributed by atoms with Crippen molar-refractivity contribution in [2.45, 2.75) is 108 Å². The number of ketones is 1. The highest BCUT2D eigenvalue weighted by Gasteiger charge is 2.93. The Kier molecular flexibility index (Phi) is 8.58. The van der Waals surface area contributed by atoms with Crippen molar-refractivity contribution in [1.29, 1.82) is 0 Å². The molecule has 0 aromatic heterocycles. The normalized spacial score (nSPS) is 44.7. The van der Waals surface area contributed by atoms with E-state index in [1.165, 1.54) is 26.0 Å². The topological polar surface area (TPSA) is 183 Å². The zero-order valence-corrected chi connectivity index (χ0v) is 26.9. The lowest BCUT2D eigenvalue weighted by atomic mass is 9.58. The van der Waals surface area contributed by atoms with Crippen LogP contribution in [0.15, 0.2) is 36.0 Å². The Bertz CT molecular complexity index is 1320. The number of carbonyl (C=O) groups is 3. The molecule has 11 nitrogen and oxygen atoms in total. The van der Waals surface area contributed by atoms with E-state index in [4.69, 9.17) is 14.2 Å². The number of unbranched alkanes of at least 4 members (excludes halogenated alkanes) is 3. The number of fused-ring (bicyclic) bond motifs is 7. The van der Waals surface area contributed by atoms with E-state index in [9.17, 15) is 39.9 Å². The van der Waals surface area contributed by atoms with Crippen LogP contribution in [0, 0.1) is 35.0 Å². The molecule has 11 heteroatoms. The zero-order valence-electron chi connectivity index (χ0n) is 26.9. The van der Waals surface area contributed by atoms with Gasteiger partial charge >= 0.3 is 11.9 Å². The van der Waals surface area contributed by atoms with Crippen LogP contribution in [0.4, 0.5) is 0 Å². The smallest absolute Gasteiger partial charge is 0.331 e. The van der Waals surface area contributed by atoms with Gasteiger partial charge in [0.1, 0.15) is 17.8 Å². The maximum absolute atomic E-state index is 13.5. The molecule has 12 atom stereocenters. The average Bonchev–Trinajstić information content (AvgIpc) is 3.83. The molecular weight excluding hydrogens is 584 g/mol. The first-order valence-electron chi connectivity index (χ1n) is 16.1. The van der Waals surface area contributed by atoms with Gasteiger partial charge in [-0.05, 0) is 32.3 Å². The van der Waals surface area contributed by atoms with Gasteiger partial charge < -0.3 is 39.7 Å². The van der Waals surface area contributed by atoms with Crippen LogP contribution in [0.3, 0.4) is 0 Å². The van der Waals surface area contributed by atoms with E-state index in [1.807, 2.05) is 6.08 Å². The second kappa shape index (κ2) is 11.4. The molecule has 250 valence electrons. The van der Waals surface area contributed by atoms with Crippen LogP contribution in [-0.2, 0) is 28.6 Å². The van der Waals surface area contributed by atoms with E-state index in [-0.39, 0.29) is 5.57 Å². The molecule has 0 radical (unpaired) electrons. The first-order valence-corrected chi connectivity index (χ1v) is 16.1. The summed E-state index contributed by atoms with van der Waals surface area (Å²) >= 11 is 0. The summed E-state index contributed by atoms with van der Waals surface area (Å²) in [5.41, 5.74) is -8.62. The number of hydrogen-bond donors (Lipinski definition) is 5. The van der Waals surface area contributed by atoms with Gasteiger partial charge in [-0.15, -0.1) is 0 Å². The Balaban J connectivity index is 1.60. The van der Waals surface area contributed by atoms with Crippen molar-refractivity contribution < 1.29 is 54.1 Å². The Hall–Kier alpha value is -2.41. The third-order valence-electron chi connectivity index (χ3n) is 11.6. The van der Waals surface area contributed by atoms with E-state index in [1.54, 1.807) is 32.9 Å². The summed E-state index contributed by atoms with van der Waals surface area (Å²) in [5.74, 6) is -7.29. The fourth-order valence-electron chi connectivity index (χ4n) is 8.99. The van der Waals surface area contributed by atoms with Crippen molar-refractivity contribution in [2.24, 2.45) is 35.0 Å². The van der Waals surface area contributed by atoms with Crippen molar-refractivity contribution in [3.05, 3.63) is 36.0 Å². The standard InChI is InChI=1S/C34H48O11/c1-7-8-9-10-11-12-13-14-22(37)43-26-20(4)32(41)21-15-18(2)25(38)33(21,42)29(40)31(17-36)27(44-31)23(32)24-30(5,6)34(24,26)45-28(39)19(3)16-35/h11-15,19-21,23-24,26-27,29,35-36,40-42H,7-10,16-17H2,1-6H3/b12-11+,14-13+. The first-order chi connectivity index (χ1) is 21.1. The predicted octanol–water partition coefficient (Wildman–Crippen LogP) is 1.53. The molecule has 0 bridgehead atoms. The minimum Gasteiger partial charge on any atom is -0.455 e. The minimum atomic E-state index is -2.53. The van der Waals surface area contributed by atoms with Gasteiger partial charge in [-0.25, -0.2) is 4.79 Å². The van der Waals surface area contributed by atoms with Crippen molar-refractivity contribution in [2.75, 3.05) is 13.2 Å². The largest absolute Gasteiger partial charge is 0.455 e. The number of Topliss-reactive ketones (excluding diaryl/α,β-unsaturated/α-hetero) is 1. The molecule has 0 amide bonds. The van der Waals surface area contributed by atoms with Gasteiger partial charge in [0.25, 0.3) is 0 Å². The van der Waals surface area contributed by atoms with Gasteiger partial charge in [-0.3, -0.25) is 9.59 Å². The Morgan fingerprint density at radius 2 is 1.84 bits per heavy atom. The van der Waals surface area contributed by atoms with Crippen LogP contribution in [0.5, 0.6) is 0 Å². The lowest BCUT2D eigenvalue weighted by Crippen LogP contribution is -2.69. The van der Waals surface area contributed by atoms with Gasteiger partial charge in [0.05, 0.1) is 30.8 Å². The Morgan fingerprint density at radius 3 is 2.47 bits per heavy atom. The monoisotopic (exact) mass is 632 g/mol. The average molecular weight is 633 g/mol. The van der Waals surface area contributed by atoms with Crippen molar-refractivity contribution in [1.82, 2.24) is 0 Å². The third kappa shape index (κ3) is 4.48. The summed E-state index contributed by atoms with van der Waals surface area (Å²) in [6.45, 7) is 9.09. The van der Waals surface area contributed by atoms with E-state index >= 15 is 0 Å². The lowest BCUT2D eigenvalue weighted by molar-refractivity contribution is -0.245. The zero-order chi connectivity index (χ0) is 33.3. The summed E-state index contributed by atoms with van der Waals surface area (Å²) in [6.07, 6.45) is 7.86. The van der Waals surface area contributed by atoms with Gasteiger partial charge in [0, 0.05) is 35.2 Å². The fourth-order valence-corrected chi connectivity index (χ4v) is 8.99. The van der Waals surface area contributed by atoms with E-state index in [0.29, 0.717) is 0 Å². The van der Waals surface area contributed by atoms with Gasteiger partial charge in [0.15, 0.2) is 17.0 Å². The number of ether oxygens (including phenoxy) is 3. The lowest BCUT2D eigenvalue weighted by Gasteiger charge is -2.53. The van der Waals surface area contributed by atoms with Gasteiger partial charge in [-0.1, -0.05) is 64.8 Å². The molecule has 4 fully saturated rings. The number of carbonyl (C=O) groups excluding carboxylic acids is 3. The highest BCUT2D eigenvalue weighted by molar-refractivity contribution is 6.05. The molecule has 5 aliphatic rings. The van der Waals surface area contributed by atoms with Crippen molar-refractivity contribution >= 4 is 17.7 Å². The summed E-state index contributed by atoms with van der Waals surface area (Å²) in [5, 5.41) is 56.7. The summed E-state index contributed by atoms with van der Waals surface area (Å²) in [6, 6.07) is 0. The van der Waals surface area contributed by atoms with Crippen molar-refractivity contribution in [3.8, 4) is 0 Å². The number of hydrogen-bond acceptors (Lipinski definition) is 11. The summed E-state index contributed by atoms with van der Waals surface area (Å²) in [4.78, 5) is 40.1. The number of aliphatic hydroxyl groups excluding tert-OH is 3. The summed E-state index contributed by atoms with van der Waals surface area (Å²) in [7, 11) is 0. The minimum absolute atomic E-state index is 0.130. The number of epoxide rings is 1. The van der Waals surface area contributed by atoms with Crippen LogP contribution >= 0.6 is 0 Å². The first kappa shape index (κ1) is 33.9. The Labute approximate surface area is 263 Å². The predicted molar refractivity (Wildman–Crippen MR) is 160 cm³/mol. The van der Waals surface area contributed by atoms with E-state index in [0.717, 1.165) is 25.7 Å². The molecule has 45 heavy (non-hydrogen) atoms. The quantitative estimate of drug-likeness (QED) is 0.0732. The Morgan fingerprint density at radius 1 is 1.16 bits per heavy atom. The molecule has 1 aliphatic heterocycles. The van der Waals surface area contributed by atoms with Crippen LogP contribution in [0.1, 0.15) is 67.2 Å². The second-order valence-electron chi connectivity index (χ2n) is 14.4. The molecule has 3 saturated carbocycles. The second-order valence-corrected chi connectivity index (χ2v) is 14.4. The van der Waals surface area contributed by atoms with E-state index < -0.39 is 107 Å². The number of esters is 2. The van der Waals surface area contributed by atoms with Crippen LogP contribution in [-0.4, -0.2) is 97.2 Å². The molecule has 12 unspecified atom stereocenters. The molecular formula is C34H48O11. The molecule has 4 aliphatic carbocycles. The van der Waals surface area contributed by atoms with E-state index in [2.05, 4.69) is 6.92 Å². The molecule has 0 aromatic rings. The van der Waals surface area contributed by atoms with Crippen LogP contribution in [0.2, 0.25) is 0 Å². The van der Waals surface area contributed by atoms with Crippen molar-refractivity contribution in [3.63, 3.8) is 0 Å². The molecule has 0 spiro atoms. The van der Waals surface area contributed by atoms with Gasteiger partial charge in [-0.2, -0.15) is 0 Å². The fraction of sp³-hybridized carbons (Fsp3) is 0.735. The van der Waals surface area contributed by atoms with Gasteiger partial charge in [0.2, 0.25) is 0 Å². The molecule has 5 rings (SSSR count). The van der Waals surface area contributed by atoms with Crippen LogP contribution < -0.4 is 0 Å². The molecule has 1 saturated heterocycles. The number of rotatable bonds is 11. The summed E-state index contributed by atoms with van der Waals surface area (Å²) < 4.78 is 18.3. The maximum atomic E-state index is 13.5.